The third kappa shape index (κ3) is 4.19. The number of aryl methyl sites for hydroxylation is 2. The Morgan fingerprint density at radius 1 is 1.14 bits per heavy atom. The fourth-order valence-electron chi connectivity index (χ4n) is 3.30. The lowest BCUT2D eigenvalue weighted by atomic mass is 10.1. The number of rotatable bonds is 5. The molecule has 2 N–H and O–H groups in total. The van der Waals surface area contributed by atoms with Gasteiger partial charge in [-0.25, -0.2) is 9.37 Å². The molecule has 1 aliphatic rings. The van der Waals surface area contributed by atoms with Crippen LogP contribution in [0.15, 0.2) is 48.7 Å². The van der Waals surface area contributed by atoms with Crippen LogP contribution in [0.2, 0.25) is 0 Å². The summed E-state index contributed by atoms with van der Waals surface area (Å²) in [5.74, 6) is -1.16. The number of amides is 2. The van der Waals surface area contributed by atoms with Gasteiger partial charge in [-0.2, -0.15) is 0 Å². The quantitative estimate of drug-likeness (QED) is 0.655. The summed E-state index contributed by atoms with van der Waals surface area (Å²) in [5, 5.41) is 6.43. The van der Waals surface area contributed by atoms with E-state index in [1.54, 1.807) is 6.92 Å². The Hall–Kier alpha value is -3.06. The summed E-state index contributed by atoms with van der Waals surface area (Å²) in [4.78, 5) is 29.6. The molecule has 3 aromatic rings. The van der Waals surface area contributed by atoms with E-state index in [2.05, 4.69) is 15.6 Å². The second kappa shape index (κ2) is 7.75. The minimum atomic E-state index is -0.608. The molecule has 1 saturated carbocycles. The van der Waals surface area contributed by atoms with Crippen molar-refractivity contribution >= 4 is 28.8 Å². The van der Waals surface area contributed by atoms with Crippen LogP contribution < -0.4 is 10.6 Å². The van der Waals surface area contributed by atoms with E-state index < -0.39 is 11.7 Å². The molecule has 0 spiro atoms. The number of hydrogen-bond donors (Lipinski definition) is 2. The molecule has 2 amide bonds. The van der Waals surface area contributed by atoms with E-state index in [0.29, 0.717) is 16.1 Å². The summed E-state index contributed by atoms with van der Waals surface area (Å²) in [5.41, 5.74) is 2.03. The molecule has 29 heavy (non-hydrogen) atoms. The van der Waals surface area contributed by atoms with Crippen molar-refractivity contribution in [2.75, 3.05) is 5.32 Å². The van der Waals surface area contributed by atoms with Gasteiger partial charge in [-0.05, 0) is 43.5 Å². The number of thiazole rings is 1. The summed E-state index contributed by atoms with van der Waals surface area (Å²) in [6.45, 7) is 3.50. The normalized spacial score (nSPS) is 17.6. The fourth-order valence-corrected chi connectivity index (χ4v) is 3.97. The predicted molar refractivity (Wildman–Crippen MR) is 111 cm³/mol. The van der Waals surface area contributed by atoms with Crippen molar-refractivity contribution in [3.05, 3.63) is 81.1 Å². The molecular weight excluding hydrogens is 389 g/mol. The van der Waals surface area contributed by atoms with E-state index in [1.807, 2.05) is 37.3 Å². The average Bonchev–Trinajstić information content (AvgIpc) is 3.32. The monoisotopic (exact) mass is 409 g/mol. The topological polar surface area (TPSA) is 71.1 Å². The Bertz CT molecular complexity index is 1080. The SMILES string of the molecule is Cc1ncc(C(=O)Nc2cc(C(=O)N[C@@H]3C[C@H]3c3ccccc3)c(F)cc2C)s1. The van der Waals surface area contributed by atoms with E-state index in [1.165, 1.54) is 29.7 Å². The van der Waals surface area contributed by atoms with Crippen LogP contribution in [0.25, 0.3) is 0 Å². The van der Waals surface area contributed by atoms with Crippen LogP contribution in [0.3, 0.4) is 0 Å². The van der Waals surface area contributed by atoms with Crippen molar-refractivity contribution in [3.63, 3.8) is 0 Å². The zero-order valence-corrected chi connectivity index (χ0v) is 16.8. The van der Waals surface area contributed by atoms with Crippen molar-refractivity contribution < 1.29 is 14.0 Å². The highest BCUT2D eigenvalue weighted by atomic mass is 32.1. The van der Waals surface area contributed by atoms with Crippen molar-refractivity contribution in [1.29, 1.82) is 0 Å². The summed E-state index contributed by atoms with van der Waals surface area (Å²) >= 11 is 1.27. The number of nitrogens with one attached hydrogen (secondary N) is 2. The number of carbonyl (C=O) groups is 2. The summed E-state index contributed by atoms with van der Waals surface area (Å²) in [7, 11) is 0. The first kappa shape index (κ1) is 19.3. The molecule has 0 bridgehead atoms. The lowest BCUT2D eigenvalue weighted by molar-refractivity contribution is 0.0945. The lowest BCUT2D eigenvalue weighted by Crippen LogP contribution is -2.27. The standard InChI is InChI=1S/C22H20FN3O2S/c1-12-8-17(23)16(10-18(12)25-22(28)20-11-24-13(2)29-20)21(27)26-19-9-15(19)14-6-4-3-5-7-14/h3-8,10-11,15,19H,9H2,1-2H3,(H,25,28)(H,26,27)/t15-,19+/m0/s1. The van der Waals surface area contributed by atoms with Crippen LogP contribution in [0, 0.1) is 19.7 Å². The number of aromatic nitrogens is 1. The maximum absolute atomic E-state index is 14.5. The summed E-state index contributed by atoms with van der Waals surface area (Å²) < 4.78 is 14.5. The maximum atomic E-state index is 14.5. The van der Waals surface area contributed by atoms with Gasteiger partial charge in [-0.3, -0.25) is 9.59 Å². The largest absolute Gasteiger partial charge is 0.349 e. The van der Waals surface area contributed by atoms with Crippen LogP contribution >= 0.6 is 11.3 Å². The molecule has 0 saturated heterocycles. The Kier molecular flexibility index (Phi) is 5.15. The lowest BCUT2D eigenvalue weighted by Gasteiger charge is -2.12. The highest BCUT2D eigenvalue weighted by Crippen LogP contribution is 2.40. The number of benzene rings is 2. The van der Waals surface area contributed by atoms with Crippen molar-refractivity contribution in [2.24, 2.45) is 0 Å². The van der Waals surface area contributed by atoms with Crippen molar-refractivity contribution in [3.8, 4) is 0 Å². The molecule has 1 fully saturated rings. The molecule has 0 radical (unpaired) electrons. The minimum absolute atomic E-state index is 0.0104. The van der Waals surface area contributed by atoms with Crippen LogP contribution in [0.1, 0.15) is 48.5 Å². The summed E-state index contributed by atoms with van der Waals surface area (Å²) in [6, 6.07) is 12.6. The van der Waals surface area contributed by atoms with E-state index in [4.69, 9.17) is 0 Å². The van der Waals surface area contributed by atoms with Gasteiger partial charge < -0.3 is 10.6 Å². The Labute approximate surface area is 172 Å². The highest BCUT2D eigenvalue weighted by molar-refractivity contribution is 7.13. The van der Waals surface area contributed by atoms with Gasteiger partial charge in [0.15, 0.2) is 0 Å². The molecule has 1 aromatic heterocycles. The van der Waals surface area contributed by atoms with Crippen LogP contribution in [0.5, 0.6) is 0 Å². The maximum Gasteiger partial charge on any atom is 0.267 e. The fraction of sp³-hybridized carbons (Fsp3) is 0.227. The van der Waals surface area contributed by atoms with Crippen molar-refractivity contribution in [1.82, 2.24) is 10.3 Å². The second-order valence-corrected chi connectivity index (χ2v) is 8.41. The first-order valence-electron chi connectivity index (χ1n) is 9.32. The van der Waals surface area contributed by atoms with Gasteiger partial charge in [0.1, 0.15) is 10.7 Å². The van der Waals surface area contributed by atoms with E-state index >= 15 is 0 Å². The van der Waals surface area contributed by atoms with E-state index in [0.717, 1.165) is 17.0 Å². The first-order valence-corrected chi connectivity index (χ1v) is 10.1. The molecular formula is C22H20FN3O2S. The van der Waals surface area contributed by atoms with Gasteiger partial charge in [0, 0.05) is 17.6 Å². The molecule has 148 valence electrons. The Morgan fingerprint density at radius 3 is 2.59 bits per heavy atom. The second-order valence-electron chi connectivity index (χ2n) is 7.18. The third-order valence-corrected chi connectivity index (χ3v) is 5.90. The molecule has 0 unspecified atom stereocenters. The number of hydrogen-bond acceptors (Lipinski definition) is 4. The predicted octanol–water partition coefficient (Wildman–Crippen LogP) is 4.44. The van der Waals surface area contributed by atoms with Gasteiger partial charge in [0.05, 0.1) is 16.8 Å². The van der Waals surface area contributed by atoms with Gasteiger partial charge >= 0.3 is 0 Å². The molecule has 1 heterocycles. The van der Waals surface area contributed by atoms with Gasteiger partial charge in [0.25, 0.3) is 11.8 Å². The van der Waals surface area contributed by atoms with Crippen molar-refractivity contribution in [2.45, 2.75) is 32.2 Å². The van der Waals surface area contributed by atoms with E-state index in [-0.39, 0.29) is 23.4 Å². The van der Waals surface area contributed by atoms with E-state index in [9.17, 15) is 14.0 Å². The number of nitrogens with zero attached hydrogens (tertiary/aromatic N) is 1. The third-order valence-electron chi connectivity index (χ3n) is 4.99. The molecule has 5 nitrogen and oxygen atoms in total. The first-order chi connectivity index (χ1) is 13.9. The van der Waals surface area contributed by atoms with Gasteiger partial charge in [-0.15, -0.1) is 11.3 Å². The number of carbonyl (C=O) groups excluding carboxylic acids is 2. The minimum Gasteiger partial charge on any atom is -0.349 e. The zero-order valence-electron chi connectivity index (χ0n) is 16.0. The molecule has 2 atom stereocenters. The van der Waals surface area contributed by atoms with Crippen LogP contribution in [-0.4, -0.2) is 22.8 Å². The van der Waals surface area contributed by atoms with Gasteiger partial charge in [-0.1, -0.05) is 30.3 Å². The molecule has 7 heteroatoms. The molecule has 1 aliphatic carbocycles. The number of anilines is 1. The average molecular weight is 409 g/mol. The van der Waals surface area contributed by atoms with Crippen LogP contribution in [-0.2, 0) is 0 Å². The molecule has 0 aliphatic heterocycles. The summed E-state index contributed by atoms with van der Waals surface area (Å²) in [6.07, 6.45) is 2.33. The Balaban J connectivity index is 1.48. The Morgan fingerprint density at radius 2 is 1.90 bits per heavy atom. The number of halogens is 1. The van der Waals surface area contributed by atoms with Crippen LogP contribution in [0.4, 0.5) is 10.1 Å². The van der Waals surface area contributed by atoms with Gasteiger partial charge in [0.2, 0.25) is 0 Å². The molecule has 2 aromatic carbocycles. The highest BCUT2D eigenvalue weighted by Gasteiger charge is 2.39. The smallest absolute Gasteiger partial charge is 0.267 e. The molecule has 4 rings (SSSR count). The zero-order chi connectivity index (χ0) is 20.5.